The Labute approximate surface area is 700 Å². The Balaban J connectivity index is 0.000000160. The lowest BCUT2D eigenvalue weighted by atomic mass is 9.79. The second-order valence-electron chi connectivity index (χ2n) is 38.6. The maximum Gasteiger partial charge on any atom is 0.308 e. The number of aliphatic hydroxyl groups excluding tert-OH is 2. The molecule has 116 heavy (non-hydrogen) atoms. The van der Waals surface area contributed by atoms with E-state index < -0.39 is 80.9 Å². The van der Waals surface area contributed by atoms with Crippen LogP contribution in [0.1, 0.15) is 210 Å². The summed E-state index contributed by atoms with van der Waals surface area (Å²) in [5, 5.41) is 20.7. The summed E-state index contributed by atoms with van der Waals surface area (Å²) in [5.74, 6) is -2.14. The van der Waals surface area contributed by atoms with E-state index in [1.807, 2.05) is 6.92 Å². The van der Waals surface area contributed by atoms with Gasteiger partial charge in [0.05, 0.1) is 160 Å². The molecule has 2 N–H and O–H groups in total. The van der Waals surface area contributed by atoms with Crippen LogP contribution in [-0.2, 0) is 109 Å². The van der Waals surface area contributed by atoms with Crippen LogP contribution in [0.25, 0.3) is 0 Å². The molecular formula is C89H133IO25Si. The third-order valence-corrected chi connectivity index (χ3v) is 37.0. The molecule has 0 aromatic heterocycles. The molecule has 2 spiro atoms. The monoisotopic (exact) mass is 1760 g/mol. The predicted molar refractivity (Wildman–Crippen MR) is 431 cm³/mol. The summed E-state index contributed by atoms with van der Waals surface area (Å²) in [6, 6.07) is 3.24. The van der Waals surface area contributed by atoms with E-state index in [-0.39, 0.29) is 221 Å². The van der Waals surface area contributed by atoms with Crippen molar-refractivity contribution in [3.8, 4) is 0 Å². The summed E-state index contributed by atoms with van der Waals surface area (Å²) in [4.78, 5) is 28.3. The summed E-state index contributed by atoms with van der Waals surface area (Å²) in [5.41, 5.74) is 4.36. The number of hydrogen-bond acceptors (Lipinski definition) is 25. The molecule has 650 valence electrons. The third-order valence-electron chi connectivity index (χ3n) is 31.5. The molecule has 22 aliphatic rings. The van der Waals surface area contributed by atoms with Gasteiger partial charge in [-0.2, -0.15) is 0 Å². The van der Waals surface area contributed by atoms with Gasteiger partial charge in [0.2, 0.25) is 0 Å². The number of esters is 2. The van der Waals surface area contributed by atoms with Crippen molar-refractivity contribution in [1.82, 2.24) is 0 Å². The Bertz CT molecular complexity index is 3560. The predicted octanol–water partition coefficient (Wildman–Crippen LogP) is 11.5. The summed E-state index contributed by atoms with van der Waals surface area (Å²) >= 11 is 2.44. The van der Waals surface area contributed by atoms with Gasteiger partial charge in [0.1, 0.15) is 79.4 Å². The average Bonchev–Trinajstić information content (AvgIpc) is 1.55. The van der Waals surface area contributed by atoms with Crippen molar-refractivity contribution in [3.63, 3.8) is 0 Å². The summed E-state index contributed by atoms with van der Waals surface area (Å²) in [6.07, 6.45) is 6.47. The fourth-order valence-corrected chi connectivity index (χ4v) is 28.4. The molecule has 27 heteroatoms. The van der Waals surface area contributed by atoms with Crippen molar-refractivity contribution < 1.29 is 119 Å². The van der Waals surface area contributed by atoms with E-state index in [2.05, 4.69) is 90.4 Å². The second kappa shape index (κ2) is 34.1. The Kier molecular flexibility index (Phi) is 24.9. The Hall–Kier alpha value is -1.99. The first kappa shape index (κ1) is 84.8. The summed E-state index contributed by atoms with van der Waals surface area (Å²) in [7, 11) is -1.92. The number of rotatable bonds is 7. The van der Waals surface area contributed by atoms with Gasteiger partial charge in [0, 0.05) is 67.6 Å². The molecule has 0 radical (unpaired) electrons. The van der Waals surface area contributed by atoms with E-state index in [9.17, 15) is 19.8 Å². The number of alkyl halides is 1. The Morgan fingerprint density at radius 3 is 1.27 bits per heavy atom. The van der Waals surface area contributed by atoms with Gasteiger partial charge in [-0.3, -0.25) is 9.59 Å². The zero-order valence-electron chi connectivity index (χ0n) is 68.6. The van der Waals surface area contributed by atoms with Crippen molar-refractivity contribution in [1.29, 1.82) is 0 Å². The number of ether oxygens (including phenoxy) is 20. The fraction of sp³-hybridized carbons (Fsp3) is 0.888. The van der Waals surface area contributed by atoms with Crippen LogP contribution in [0, 0.1) is 23.7 Å². The van der Waals surface area contributed by atoms with Crippen LogP contribution in [0.3, 0.4) is 0 Å². The molecule has 22 heterocycles. The van der Waals surface area contributed by atoms with Crippen molar-refractivity contribution in [3.05, 3.63) is 48.6 Å². The van der Waals surface area contributed by atoms with Crippen molar-refractivity contribution >= 4 is 42.8 Å². The largest absolute Gasteiger partial charge is 0.459 e. The van der Waals surface area contributed by atoms with Crippen LogP contribution in [0.2, 0.25) is 18.1 Å². The molecule has 22 aliphatic heterocycles. The first-order valence-electron chi connectivity index (χ1n) is 45.0. The highest BCUT2D eigenvalue weighted by molar-refractivity contribution is 14.1. The van der Waals surface area contributed by atoms with Gasteiger partial charge in [-0.1, -0.05) is 105 Å². The molecule has 42 atom stereocenters. The quantitative estimate of drug-likeness (QED) is 0.0788. The van der Waals surface area contributed by atoms with E-state index in [0.717, 1.165) is 128 Å². The van der Waals surface area contributed by atoms with Gasteiger partial charge in [-0.25, -0.2) is 0 Å². The maximum absolute atomic E-state index is 14.3. The SMILES string of the molecule is C.C=C1C2C[C@@H]3O[C@H]4C[C@@H](O)[C@@H](CO)O[C@H]4[C@H](C)[C@H]3OC(=O)C[C@H]3CC[C@@H]4O[C@H]5C6O[C@]7(CC[C@H]8CC(=C)[C@H](CC[C@@H](C[C@H]1C)O2)O8)CC6O[C@H]5C(O7)[C@H]4O3.C=C1C2C[C@@H]3O[C@H]4C[C@@H](O[Si](CC)(CC)CC)[C@@H](CI)O[C@H]4[C@H](C)[C@H]3OC(=O)C[C@H]3CC[C@@H]4O[C@H]5C6O[C@]7(CC[C@H]8CC(=C)[C@H](CC[C@@H](C[C@H]1C)O2)O8)CC6O[C@H]5C(O7)[C@H]4O3. The minimum atomic E-state index is -1.92. The van der Waals surface area contributed by atoms with Crippen LogP contribution < -0.4 is 0 Å². The minimum absolute atomic E-state index is 0. The van der Waals surface area contributed by atoms with Crippen molar-refractivity contribution in [2.24, 2.45) is 23.7 Å². The van der Waals surface area contributed by atoms with Crippen molar-refractivity contribution in [2.45, 2.75) is 459 Å². The normalized spacial score (nSPS) is 52.8. The summed E-state index contributed by atoms with van der Waals surface area (Å²) < 4.78 is 143. The average molecular weight is 1760 g/mol. The molecule has 22 saturated heterocycles. The number of carbonyl (C=O) groups is 2. The van der Waals surface area contributed by atoms with E-state index in [1.54, 1.807) is 0 Å². The number of aliphatic hydroxyl groups is 2. The molecule has 0 aromatic carbocycles. The maximum atomic E-state index is 14.3. The van der Waals surface area contributed by atoms with Gasteiger partial charge in [0.15, 0.2) is 19.9 Å². The lowest BCUT2D eigenvalue weighted by molar-refractivity contribution is -0.293. The molecule has 24 bridgehead atoms. The number of halogens is 1. The molecule has 0 aromatic rings. The molecule has 0 amide bonds. The zero-order chi connectivity index (χ0) is 79.4. The van der Waals surface area contributed by atoms with Gasteiger partial charge in [-0.05, 0) is 142 Å². The van der Waals surface area contributed by atoms with Crippen LogP contribution in [0.5, 0.6) is 0 Å². The van der Waals surface area contributed by atoms with Crippen molar-refractivity contribution in [2.75, 3.05) is 11.0 Å². The molecule has 25 nitrogen and oxygen atoms in total. The fourth-order valence-electron chi connectivity index (χ4n) is 24.8. The smallest absolute Gasteiger partial charge is 0.308 e. The zero-order valence-corrected chi connectivity index (χ0v) is 71.7. The van der Waals surface area contributed by atoms with E-state index in [4.69, 9.17) is 99.2 Å². The van der Waals surface area contributed by atoms with Crippen LogP contribution in [0.15, 0.2) is 48.6 Å². The van der Waals surface area contributed by atoms with Gasteiger partial charge >= 0.3 is 11.9 Å². The molecule has 22 rings (SSSR count). The highest BCUT2D eigenvalue weighted by atomic mass is 127. The first-order valence-corrected chi connectivity index (χ1v) is 49.0. The lowest BCUT2D eigenvalue weighted by Gasteiger charge is -2.52. The number of fused-ring (bicyclic) bond motifs is 14. The lowest BCUT2D eigenvalue weighted by Crippen LogP contribution is -2.63. The topological polar surface area (TPSA) is 268 Å². The Morgan fingerprint density at radius 2 is 0.810 bits per heavy atom. The number of hydrogen-bond donors (Lipinski definition) is 2. The standard InChI is InChI=1S/C47H71IO12Si.C41H58O13.CH4/c1-8-61(9-2,10-3)60-34-21-36-40(56-38(34)23-48)27(7)41-35(53-36)20-33-26(6)24(4)17-28(51-33)11-13-31-25(5)18-30(50-31)15-16-47-22-37-43(58-47)44-45(55-37)46(59-47)42-32(54-44)14-12-29(52-42)19-39(49)57-41;1-18-11-22-5-7-26-19(2)12-24(45-26)9-10-41-16-31-37(53-41)38-39(50-31)40(54-41)36-27(49-38)8-6-23(47-36)13-33(44)52-35-21(4)34-29(14-25(43)32(17-42)51-34)48-30(35)15-28(46-22)20(18)3;/h24,27-38,40-46H,5-6,8-23H2,1-4,7H3;18,21-32,34-40,42-43H,2-3,5-17H2,1,4H3;1H4/t24-,27+,28+,29-,30+,31+,32+,33?,34-,35+,36+,37?,38-,40+,41-,42+,43?,44+,45-,46?,47+;18-,21+,22+,23-,24+,25-,26+,27+,28?,29+,30+,31?,32-,34+,35-,36+,37?,38+,39-,40?,41+;/m11./s1. The van der Waals surface area contributed by atoms with Crippen LogP contribution in [0.4, 0.5) is 0 Å². The highest BCUT2D eigenvalue weighted by Crippen LogP contribution is 2.58. The van der Waals surface area contributed by atoms with Gasteiger partial charge < -0.3 is 109 Å². The minimum Gasteiger partial charge on any atom is -0.459 e. The van der Waals surface area contributed by atoms with Gasteiger partial charge in [0.25, 0.3) is 0 Å². The molecule has 8 unspecified atom stereocenters. The Morgan fingerprint density at radius 1 is 0.405 bits per heavy atom. The van der Waals surface area contributed by atoms with Crippen LogP contribution >= 0.6 is 22.6 Å². The number of carbonyl (C=O) groups excluding carboxylic acids is 2. The van der Waals surface area contributed by atoms with Gasteiger partial charge in [-0.15, -0.1) is 0 Å². The van der Waals surface area contributed by atoms with Crippen LogP contribution in [-0.4, -0.2) is 273 Å². The molecule has 22 fully saturated rings. The second-order valence-corrected chi connectivity index (χ2v) is 44.2. The molecular weight excluding hydrogens is 1620 g/mol. The first-order chi connectivity index (χ1) is 55.4. The third kappa shape index (κ3) is 16.0. The van der Waals surface area contributed by atoms with E-state index in [1.165, 1.54) is 0 Å². The molecule has 0 saturated carbocycles. The highest BCUT2D eigenvalue weighted by Gasteiger charge is 2.71. The summed E-state index contributed by atoms with van der Waals surface area (Å²) in [6.45, 7) is 33.1. The molecule has 0 aliphatic carbocycles. The van der Waals surface area contributed by atoms with E-state index >= 15 is 0 Å². The van der Waals surface area contributed by atoms with E-state index in [0.29, 0.717) is 57.8 Å².